The third-order valence-corrected chi connectivity index (χ3v) is 5.29. The van der Waals surface area contributed by atoms with Crippen molar-refractivity contribution in [2.24, 2.45) is 5.73 Å². The fourth-order valence-corrected chi connectivity index (χ4v) is 3.96. The highest BCUT2D eigenvalue weighted by Gasteiger charge is 2.21. The van der Waals surface area contributed by atoms with E-state index in [0.717, 1.165) is 32.0 Å². The van der Waals surface area contributed by atoms with E-state index in [1.807, 2.05) is 24.3 Å². The van der Waals surface area contributed by atoms with Gasteiger partial charge in [0.15, 0.2) is 0 Å². The predicted molar refractivity (Wildman–Crippen MR) is 104 cm³/mol. The van der Waals surface area contributed by atoms with E-state index in [0.29, 0.717) is 31.7 Å². The number of H-pyrrole nitrogens is 1. The number of nitrogens with two attached hydrogens (primary N) is 1. The van der Waals surface area contributed by atoms with Crippen molar-refractivity contribution in [1.82, 2.24) is 9.88 Å². The number of piperazine rings is 1. The van der Waals surface area contributed by atoms with Crippen LogP contribution in [0.3, 0.4) is 0 Å². The zero-order valence-electron chi connectivity index (χ0n) is 13.8. The summed E-state index contributed by atoms with van der Waals surface area (Å²) in [6, 6.07) is 9.75. The number of primary amides is 1. The van der Waals surface area contributed by atoms with E-state index in [-0.39, 0.29) is 0 Å². The number of halogens is 1. The second kappa shape index (κ2) is 6.21. The van der Waals surface area contributed by atoms with Gasteiger partial charge in [-0.25, -0.2) is 4.79 Å². The third kappa shape index (κ3) is 2.76. The Kier molecular flexibility index (Phi) is 3.99. The van der Waals surface area contributed by atoms with Crippen molar-refractivity contribution in [2.45, 2.75) is 0 Å². The van der Waals surface area contributed by atoms with Crippen LogP contribution in [0.5, 0.6) is 0 Å². The van der Waals surface area contributed by atoms with Gasteiger partial charge in [0, 0.05) is 52.6 Å². The Morgan fingerprint density at radius 3 is 2.46 bits per heavy atom. The zero-order chi connectivity index (χ0) is 18.4. The van der Waals surface area contributed by atoms with Gasteiger partial charge in [0.2, 0.25) is 0 Å². The Hall–Kier alpha value is -2.74. The summed E-state index contributed by atoms with van der Waals surface area (Å²) in [6.07, 6.45) is -0.875. The van der Waals surface area contributed by atoms with Gasteiger partial charge in [-0.15, -0.1) is 0 Å². The summed E-state index contributed by atoms with van der Waals surface area (Å²) in [7, 11) is 0. The van der Waals surface area contributed by atoms with Gasteiger partial charge in [-0.3, -0.25) is 4.79 Å². The Morgan fingerprint density at radius 2 is 1.81 bits per heavy atom. The highest BCUT2D eigenvalue weighted by molar-refractivity contribution is 9.10. The number of aromatic amines is 1. The molecule has 1 aliphatic heterocycles. The number of rotatable bonds is 2. The molecule has 26 heavy (non-hydrogen) atoms. The minimum absolute atomic E-state index is 0.446. The van der Waals surface area contributed by atoms with Gasteiger partial charge in [0.25, 0.3) is 5.91 Å². The summed E-state index contributed by atoms with van der Waals surface area (Å²) in [6.45, 7) is 2.27. The highest BCUT2D eigenvalue weighted by Crippen LogP contribution is 2.33. The van der Waals surface area contributed by atoms with Crippen molar-refractivity contribution in [1.29, 1.82) is 0 Å². The van der Waals surface area contributed by atoms with E-state index in [9.17, 15) is 9.59 Å². The van der Waals surface area contributed by atoms with Crippen molar-refractivity contribution >= 4 is 55.4 Å². The summed E-state index contributed by atoms with van der Waals surface area (Å²) in [5.74, 6) is -0.479. The number of carbonyl (C=O) groups excluding carboxylic acids is 1. The first-order chi connectivity index (χ1) is 12.4. The van der Waals surface area contributed by atoms with Crippen LogP contribution >= 0.6 is 15.9 Å². The summed E-state index contributed by atoms with van der Waals surface area (Å²) in [5.41, 5.74) is 8.62. The lowest BCUT2D eigenvalue weighted by molar-refractivity contribution is 0.100. The summed E-state index contributed by atoms with van der Waals surface area (Å²) < 4.78 is 0.800. The van der Waals surface area contributed by atoms with Gasteiger partial charge in [-0.05, 0) is 24.3 Å². The minimum Gasteiger partial charge on any atom is -0.465 e. The summed E-state index contributed by atoms with van der Waals surface area (Å²) in [5, 5.41) is 11.0. The number of nitrogens with zero attached hydrogens (tertiary/aromatic N) is 2. The molecule has 2 heterocycles. The number of hydrogen-bond acceptors (Lipinski definition) is 3. The number of hydrogen-bond donors (Lipinski definition) is 3. The molecule has 0 unspecified atom stereocenters. The fourth-order valence-electron chi connectivity index (χ4n) is 3.51. The average molecular weight is 417 g/mol. The van der Waals surface area contributed by atoms with Gasteiger partial charge < -0.3 is 25.6 Å². The van der Waals surface area contributed by atoms with Crippen molar-refractivity contribution in [2.75, 3.05) is 31.1 Å². The maximum absolute atomic E-state index is 11.8. The van der Waals surface area contributed by atoms with Gasteiger partial charge in [-0.2, -0.15) is 0 Å². The molecular formula is C18H17BrN4O3. The predicted octanol–water partition coefficient (Wildman–Crippen LogP) is 2.98. The molecule has 1 aromatic heterocycles. The molecule has 7 nitrogen and oxygen atoms in total. The molecule has 0 aliphatic carbocycles. The summed E-state index contributed by atoms with van der Waals surface area (Å²) >= 11 is 3.43. The Labute approximate surface area is 157 Å². The number of nitrogens with one attached hydrogen (secondary N) is 1. The fraction of sp³-hybridized carbons (Fsp3) is 0.222. The molecule has 0 bridgehead atoms. The number of carboxylic acid groups (broad SMARTS) is 1. The van der Waals surface area contributed by atoms with Crippen LogP contribution < -0.4 is 10.6 Å². The number of anilines is 1. The minimum atomic E-state index is -0.875. The number of fused-ring (bicyclic) bond motifs is 3. The standard InChI is InChI=1S/C18H17BrN4O3/c19-10-7-13-12-2-1-11(22-3-5-23(6-4-22)18(25)26)9-15(12)21-16(13)14(8-10)17(20)24/h1-2,7-9,21H,3-6H2,(H2,20,24)(H,25,26). The van der Waals surface area contributed by atoms with Crippen LogP contribution in [-0.2, 0) is 0 Å². The average Bonchev–Trinajstić information content (AvgIpc) is 2.98. The lowest BCUT2D eigenvalue weighted by Gasteiger charge is -2.34. The molecule has 1 saturated heterocycles. The number of carbonyl (C=O) groups is 2. The van der Waals surface area contributed by atoms with Crippen LogP contribution in [-0.4, -0.2) is 53.2 Å². The van der Waals surface area contributed by atoms with Crippen molar-refractivity contribution < 1.29 is 14.7 Å². The third-order valence-electron chi connectivity index (χ3n) is 4.84. The van der Waals surface area contributed by atoms with Crippen molar-refractivity contribution in [3.8, 4) is 0 Å². The smallest absolute Gasteiger partial charge is 0.407 e. The van der Waals surface area contributed by atoms with Crippen LogP contribution in [0.1, 0.15) is 10.4 Å². The van der Waals surface area contributed by atoms with E-state index < -0.39 is 12.0 Å². The quantitative estimate of drug-likeness (QED) is 0.597. The number of benzene rings is 2. The first kappa shape index (κ1) is 16.7. The van der Waals surface area contributed by atoms with E-state index >= 15 is 0 Å². The lowest BCUT2D eigenvalue weighted by Crippen LogP contribution is -2.48. The van der Waals surface area contributed by atoms with Crippen LogP contribution in [0, 0.1) is 0 Å². The number of aromatic nitrogens is 1. The second-order valence-electron chi connectivity index (χ2n) is 6.35. The van der Waals surface area contributed by atoms with Crippen LogP contribution in [0.2, 0.25) is 0 Å². The van der Waals surface area contributed by atoms with Crippen molar-refractivity contribution in [3.05, 3.63) is 40.4 Å². The second-order valence-corrected chi connectivity index (χ2v) is 7.27. The summed E-state index contributed by atoms with van der Waals surface area (Å²) in [4.78, 5) is 29.7. The zero-order valence-corrected chi connectivity index (χ0v) is 15.4. The molecule has 0 spiro atoms. The van der Waals surface area contributed by atoms with Gasteiger partial charge in [0.1, 0.15) is 0 Å². The Balaban J connectivity index is 1.74. The maximum Gasteiger partial charge on any atom is 0.407 e. The molecule has 2 amide bonds. The monoisotopic (exact) mass is 416 g/mol. The van der Waals surface area contributed by atoms with E-state index in [1.54, 1.807) is 6.07 Å². The largest absolute Gasteiger partial charge is 0.465 e. The molecule has 4 N–H and O–H groups in total. The van der Waals surface area contributed by atoms with E-state index in [1.165, 1.54) is 4.90 Å². The molecular weight excluding hydrogens is 400 g/mol. The molecule has 0 radical (unpaired) electrons. The van der Waals surface area contributed by atoms with Crippen LogP contribution in [0.15, 0.2) is 34.8 Å². The topological polar surface area (TPSA) is 103 Å². The van der Waals surface area contributed by atoms with Gasteiger partial charge >= 0.3 is 6.09 Å². The molecule has 4 rings (SSSR count). The van der Waals surface area contributed by atoms with Crippen LogP contribution in [0.4, 0.5) is 10.5 Å². The highest BCUT2D eigenvalue weighted by atomic mass is 79.9. The molecule has 2 aromatic carbocycles. The van der Waals surface area contributed by atoms with Crippen molar-refractivity contribution in [3.63, 3.8) is 0 Å². The van der Waals surface area contributed by atoms with Gasteiger partial charge in [0.05, 0.1) is 11.1 Å². The lowest BCUT2D eigenvalue weighted by atomic mass is 10.1. The first-order valence-electron chi connectivity index (χ1n) is 8.21. The SMILES string of the molecule is NC(=O)c1cc(Br)cc2c1[nH]c1cc(N3CCN(C(=O)O)CC3)ccc12. The normalized spacial score (nSPS) is 15.0. The Bertz CT molecular complexity index is 1040. The molecule has 0 saturated carbocycles. The number of amides is 2. The Morgan fingerprint density at radius 1 is 1.08 bits per heavy atom. The molecule has 1 fully saturated rings. The molecule has 8 heteroatoms. The molecule has 134 valence electrons. The van der Waals surface area contributed by atoms with E-state index in [4.69, 9.17) is 10.8 Å². The molecule has 3 aromatic rings. The molecule has 1 aliphatic rings. The van der Waals surface area contributed by atoms with Gasteiger partial charge in [-0.1, -0.05) is 22.0 Å². The first-order valence-corrected chi connectivity index (χ1v) is 9.01. The van der Waals surface area contributed by atoms with E-state index in [2.05, 4.69) is 25.8 Å². The maximum atomic E-state index is 11.8. The molecule has 0 atom stereocenters. The van der Waals surface area contributed by atoms with Crippen LogP contribution in [0.25, 0.3) is 21.8 Å².